The smallest absolute Gasteiger partial charge is 0.152 e. The maximum atomic E-state index is 5.60. The monoisotopic (exact) mass is 386 g/mol. The molecule has 0 aliphatic carbocycles. The molecule has 4 rings (SSSR count). The summed E-state index contributed by atoms with van der Waals surface area (Å²) in [7, 11) is 1.69. The fourth-order valence-electron chi connectivity index (χ4n) is 3.59. The Balaban J connectivity index is 1.58. The summed E-state index contributed by atoms with van der Waals surface area (Å²) >= 11 is 0. The minimum atomic E-state index is 0.426. The molecular formula is C24H26N4O. The molecule has 2 aromatic heterocycles. The summed E-state index contributed by atoms with van der Waals surface area (Å²) in [5.41, 5.74) is 5.47. The molecule has 4 aromatic rings. The first-order valence-electron chi connectivity index (χ1n) is 9.95. The van der Waals surface area contributed by atoms with Crippen LogP contribution in [0.5, 0.6) is 5.75 Å². The first-order chi connectivity index (χ1) is 14.2. The Kier molecular flexibility index (Phi) is 5.47. The first-order valence-corrected chi connectivity index (χ1v) is 9.95. The Bertz CT molecular complexity index is 1120. The zero-order valence-corrected chi connectivity index (χ0v) is 17.1. The summed E-state index contributed by atoms with van der Waals surface area (Å²) in [5, 5.41) is 4.74. The van der Waals surface area contributed by atoms with Gasteiger partial charge in [-0.1, -0.05) is 38.1 Å². The molecule has 29 heavy (non-hydrogen) atoms. The third kappa shape index (κ3) is 3.94. The molecule has 0 unspecified atom stereocenters. The molecule has 0 radical (unpaired) electrons. The number of aromatic nitrogens is 3. The lowest BCUT2D eigenvalue weighted by Gasteiger charge is -2.15. The fourth-order valence-corrected chi connectivity index (χ4v) is 3.59. The van der Waals surface area contributed by atoms with Gasteiger partial charge in [0.15, 0.2) is 5.82 Å². The van der Waals surface area contributed by atoms with Crippen LogP contribution >= 0.6 is 0 Å². The number of anilines is 1. The fraction of sp³-hybridized carbons (Fsp3) is 0.250. The highest BCUT2D eigenvalue weighted by Crippen LogP contribution is 2.34. The molecule has 2 heterocycles. The van der Waals surface area contributed by atoms with E-state index >= 15 is 0 Å². The van der Waals surface area contributed by atoms with E-state index < -0.39 is 0 Å². The van der Waals surface area contributed by atoms with Crippen molar-refractivity contribution in [2.75, 3.05) is 19.0 Å². The topological polar surface area (TPSA) is 62.8 Å². The zero-order valence-electron chi connectivity index (χ0n) is 17.1. The van der Waals surface area contributed by atoms with Crippen molar-refractivity contribution in [1.29, 1.82) is 0 Å². The molecule has 0 atom stereocenters. The lowest BCUT2D eigenvalue weighted by atomic mass is 9.98. The predicted molar refractivity (Wildman–Crippen MR) is 119 cm³/mol. The van der Waals surface area contributed by atoms with Crippen molar-refractivity contribution in [2.45, 2.75) is 26.2 Å². The van der Waals surface area contributed by atoms with Crippen molar-refractivity contribution in [2.24, 2.45) is 0 Å². The molecule has 5 heteroatoms. The maximum absolute atomic E-state index is 5.60. The maximum Gasteiger partial charge on any atom is 0.152 e. The van der Waals surface area contributed by atoms with Gasteiger partial charge < -0.3 is 15.0 Å². The van der Waals surface area contributed by atoms with E-state index in [4.69, 9.17) is 4.74 Å². The van der Waals surface area contributed by atoms with Gasteiger partial charge in [-0.25, -0.2) is 4.98 Å². The largest absolute Gasteiger partial charge is 0.496 e. The molecule has 0 amide bonds. The zero-order chi connectivity index (χ0) is 20.2. The number of benzene rings is 2. The molecule has 148 valence electrons. The van der Waals surface area contributed by atoms with Crippen LogP contribution in [0.3, 0.4) is 0 Å². The number of para-hydroxylation sites is 1. The second-order valence-electron chi connectivity index (χ2n) is 7.40. The van der Waals surface area contributed by atoms with Crippen molar-refractivity contribution in [1.82, 2.24) is 15.0 Å². The van der Waals surface area contributed by atoms with Crippen molar-refractivity contribution >= 4 is 16.7 Å². The number of nitrogens with one attached hydrogen (secondary N) is 2. The van der Waals surface area contributed by atoms with Crippen molar-refractivity contribution in [3.05, 3.63) is 72.2 Å². The highest BCUT2D eigenvalue weighted by atomic mass is 16.5. The van der Waals surface area contributed by atoms with E-state index in [1.807, 2.05) is 12.1 Å². The van der Waals surface area contributed by atoms with E-state index in [0.717, 1.165) is 41.3 Å². The number of hydrogen-bond acceptors (Lipinski definition) is 4. The van der Waals surface area contributed by atoms with Crippen LogP contribution < -0.4 is 10.1 Å². The molecule has 2 N–H and O–H groups in total. The molecular weight excluding hydrogens is 360 g/mol. The summed E-state index contributed by atoms with van der Waals surface area (Å²) in [6.45, 7) is 5.13. The number of rotatable bonds is 7. The van der Waals surface area contributed by atoms with Crippen LogP contribution in [-0.4, -0.2) is 28.6 Å². The van der Waals surface area contributed by atoms with Gasteiger partial charge in [0.2, 0.25) is 0 Å². The highest BCUT2D eigenvalue weighted by Gasteiger charge is 2.15. The lowest BCUT2D eigenvalue weighted by molar-refractivity contribution is 0.416. The number of nitrogens with zero attached hydrogens (tertiary/aromatic N) is 2. The van der Waals surface area contributed by atoms with Crippen molar-refractivity contribution < 1.29 is 4.74 Å². The summed E-state index contributed by atoms with van der Waals surface area (Å²) in [5.74, 6) is 2.00. The van der Waals surface area contributed by atoms with E-state index in [1.165, 1.54) is 16.5 Å². The number of methoxy groups -OCH3 is 1. The first kappa shape index (κ1) is 19.0. The van der Waals surface area contributed by atoms with Gasteiger partial charge in [0.1, 0.15) is 11.4 Å². The van der Waals surface area contributed by atoms with Gasteiger partial charge in [-0.05, 0) is 41.7 Å². The summed E-state index contributed by atoms with van der Waals surface area (Å²) in [6, 6.07) is 14.6. The average Bonchev–Trinajstić information content (AvgIpc) is 3.17. The van der Waals surface area contributed by atoms with E-state index in [9.17, 15) is 0 Å². The Labute approximate surface area is 171 Å². The number of H-pyrrole nitrogens is 1. The average molecular weight is 386 g/mol. The van der Waals surface area contributed by atoms with Gasteiger partial charge in [-0.3, -0.25) is 4.98 Å². The number of aromatic amines is 1. The second kappa shape index (κ2) is 8.35. The predicted octanol–water partition coefficient (Wildman–Crippen LogP) is 5.41. The molecule has 0 fully saturated rings. The molecule has 0 saturated heterocycles. The van der Waals surface area contributed by atoms with Crippen LogP contribution in [0.25, 0.3) is 22.2 Å². The van der Waals surface area contributed by atoms with Crippen LogP contribution in [-0.2, 0) is 6.42 Å². The standard InChI is InChI=1S/C24H26N4O/c1-16(2)17-8-9-22(29-3)20(14-17)23-24(27-13-12-25-23)26-11-10-18-15-28-21-7-5-4-6-19(18)21/h4-9,12-16,28H,10-11H2,1-3H3,(H,26,27). The molecule has 0 aliphatic rings. The van der Waals surface area contributed by atoms with Gasteiger partial charge in [0, 0.05) is 41.6 Å². The Morgan fingerprint density at radius 3 is 2.72 bits per heavy atom. The minimum Gasteiger partial charge on any atom is -0.496 e. The molecule has 0 bridgehead atoms. The van der Waals surface area contributed by atoms with Gasteiger partial charge in [0.25, 0.3) is 0 Å². The van der Waals surface area contributed by atoms with Crippen LogP contribution in [0, 0.1) is 0 Å². The second-order valence-corrected chi connectivity index (χ2v) is 7.40. The molecule has 2 aromatic carbocycles. The van der Waals surface area contributed by atoms with Gasteiger partial charge in [-0.15, -0.1) is 0 Å². The van der Waals surface area contributed by atoms with Crippen LogP contribution in [0.4, 0.5) is 5.82 Å². The van der Waals surface area contributed by atoms with Crippen LogP contribution in [0.1, 0.15) is 30.9 Å². The molecule has 5 nitrogen and oxygen atoms in total. The molecule has 0 saturated carbocycles. The molecule has 0 spiro atoms. The summed E-state index contributed by atoms with van der Waals surface area (Å²) < 4.78 is 5.60. The van der Waals surface area contributed by atoms with Gasteiger partial charge in [0.05, 0.1) is 7.11 Å². The van der Waals surface area contributed by atoms with Crippen molar-refractivity contribution in [3.63, 3.8) is 0 Å². The highest BCUT2D eigenvalue weighted by molar-refractivity contribution is 5.83. The SMILES string of the molecule is COc1ccc(C(C)C)cc1-c1nccnc1NCCc1c[nH]c2ccccc12. The number of ether oxygens (including phenoxy) is 1. The third-order valence-electron chi connectivity index (χ3n) is 5.21. The van der Waals surface area contributed by atoms with Crippen molar-refractivity contribution in [3.8, 4) is 17.0 Å². The number of hydrogen-bond donors (Lipinski definition) is 2. The summed E-state index contributed by atoms with van der Waals surface area (Å²) in [4.78, 5) is 12.5. The Morgan fingerprint density at radius 1 is 1.07 bits per heavy atom. The quantitative estimate of drug-likeness (QED) is 0.446. The van der Waals surface area contributed by atoms with Crippen LogP contribution in [0.2, 0.25) is 0 Å². The minimum absolute atomic E-state index is 0.426. The Morgan fingerprint density at radius 2 is 1.90 bits per heavy atom. The van der Waals surface area contributed by atoms with Gasteiger partial charge >= 0.3 is 0 Å². The number of fused-ring (bicyclic) bond motifs is 1. The van der Waals surface area contributed by atoms with Crippen LogP contribution in [0.15, 0.2) is 61.1 Å². The third-order valence-corrected chi connectivity index (χ3v) is 5.21. The van der Waals surface area contributed by atoms with E-state index in [0.29, 0.717) is 5.92 Å². The molecule has 0 aliphatic heterocycles. The Hall–Kier alpha value is -3.34. The van der Waals surface area contributed by atoms with Gasteiger partial charge in [-0.2, -0.15) is 0 Å². The normalized spacial score (nSPS) is 11.2. The van der Waals surface area contributed by atoms with E-state index in [1.54, 1.807) is 19.5 Å². The van der Waals surface area contributed by atoms with E-state index in [-0.39, 0.29) is 0 Å². The summed E-state index contributed by atoms with van der Waals surface area (Å²) in [6.07, 6.45) is 6.42. The van der Waals surface area contributed by atoms with E-state index in [2.05, 4.69) is 70.6 Å². The lowest BCUT2D eigenvalue weighted by Crippen LogP contribution is -2.08.